The second-order valence-corrected chi connectivity index (χ2v) is 3.01. The average molecular weight is 156 g/mol. The summed E-state index contributed by atoms with van der Waals surface area (Å²) >= 11 is 0. The number of nitrogens with one attached hydrogen (secondary N) is 1. The van der Waals surface area contributed by atoms with Crippen LogP contribution < -0.4 is 5.32 Å². The van der Waals surface area contributed by atoms with E-state index in [-0.39, 0.29) is 12.1 Å². The fourth-order valence-electron chi connectivity index (χ4n) is 1.61. The highest BCUT2D eigenvalue weighted by Crippen LogP contribution is 2.14. The molecule has 1 aliphatic rings. The largest absolute Gasteiger partial charge is 0.327 e. The predicted octanol–water partition coefficient (Wildman–Crippen LogP) is 0.564. The summed E-state index contributed by atoms with van der Waals surface area (Å²) in [6.45, 7) is 2.55. The van der Waals surface area contributed by atoms with Crippen LogP contribution in [-0.4, -0.2) is 30.6 Å². The highest BCUT2D eigenvalue weighted by molar-refractivity contribution is 5.73. The van der Waals surface area contributed by atoms with E-state index in [1.807, 2.05) is 11.9 Å². The minimum atomic E-state index is 0.184. The van der Waals surface area contributed by atoms with Gasteiger partial charge in [-0.2, -0.15) is 0 Å². The van der Waals surface area contributed by atoms with Crippen LogP contribution in [0.1, 0.15) is 26.2 Å². The molecule has 1 unspecified atom stereocenters. The summed E-state index contributed by atoms with van der Waals surface area (Å²) in [6.07, 6.45) is 3.75. The second-order valence-electron chi connectivity index (χ2n) is 3.01. The highest BCUT2D eigenvalue weighted by Gasteiger charge is 2.21. The molecular formula is C8H16N2O. The van der Waals surface area contributed by atoms with Gasteiger partial charge in [-0.3, -0.25) is 4.79 Å². The zero-order chi connectivity index (χ0) is 8.27. The Morgan fingerprint density at radius 1 is 1.55 bits per heavy atom. The maximum Gasteiger partial charge on any atom is 0.220 e. The van der Waals surface area contributed by atoms with Crippen molar-refractivity contribution in [3.05, 3.63) is 0 Å². The summed E-state index contributed by atoms with van der Waals surface area (Å²) in [6, 6.07) is 0. The van der Waals surface area contributed by atoms with Gasteiger partial charge >= 0.3 is 0 Å². The molecule has 0 radical (unpaired) electrons. The van der Waals surface area contributed by atoms with Crippen molar-refractivity contribution in [3.63, 3.8) is 0 Å². The smallest absolute Gasteiger partial charge is 0.220 e. The van der Waals surface area contributed by atoms with Crippen molar-refractivity contribution >= 4 is 5.91 Å². The van der Waals surface area contributed by atoms with Gasteiger partial charge in [0.1, 0.15) is 0 Å². The fraction of sp³-hybridized carbons (Fsp3) is 0.875. The topological polar surface area (TPSA) is 32.3 Å². The zero-order valence-corrected chi connectivity index (χ0v) is 7.26. The standard InChI is InChI=1S/C8H16N2O/c1-7(11)10-6-4-3-5-8(10)9-2/h8-9H,3-6H2,1-2H3. The lowest BCUT2D eigenvalue weighted by atomic mass is 10.1. The lowest BCUT2D eigenvalue weighted by molar-refractivity contribution is -0.133. The lowest BCUT2D eigenvalue weighted by Gasteiger charge is -2.34. The Labute approximate surface area is 67.8 Å². The molecule has 3 nitrogen and oxygen atoms in total. The molecule has 1 amide bonds. The van der Waals surface area contributed by atoms with Gasteiger partial charge in [0.2, 0.25) is 5.91 Å². The number of nitrogens with zero attached hydrogens (tertiary/aromatic N) is 1. The molecule has 0 spiro atoms. The van der Waals surface area contributed by atoms with Gasteiger partial charge < -0.3 is 10.2 Å². The van der Waals surface area contributed by atoms with Crippen LogP contribution in [0.25, 0.3) is 0 Å². The molecule has 0 saturated carbocycles. The van der Waals surface area contributed by atoms with Crippen molar-refractivity contribution < 1.29 is 4.79 Å². The summed E-state index contributed by atoms with van der Waals surface area (Å²) in [7, 11) is 1.91. The Morgan fingerprint density at radius 2 is 2.27 bits per heavy atom. The zero-order valence-electron chi connectivity index (χ0n) is 7.26. The van der Waals surface area contributed by atoms with E-state index < -0.39 is 0 Å². The molecule has 1 N–H and O–H groups in total. The van der Waals surface area contributed by atoms with Crippen LogP contribution in [0.3, 0.4) is 0 Å². The minimum Gasteiger partial charge on any atom is -0.327 e. The van der Waals surface area contributed by atoms with Crippen molar-refractivity contribution in [2.45, 2.75) is 32.4 Å². The maximum atomic E-state index is 11.1. The van der Waals surface area contributed by atoms with Crippen LogP contribution in [0, 0.1) is 0 Å². The highest BCUT2D eigenvalue weighted by atomic mass is 16.2. The first-order valence-electron chi connectivity index (χ1n) is 4.20. The Kier molecular flexibility index (Phi) is 2.88. The molecule has 1 atom stereocenters. The number of likely N-dealkylation sites (tertiary alicyclic amines) is 1. The van der Waals surface area contributed by atoms with Crippen molar-refractivity contribution in [1.82, 2.24) is 10.2 Å². The molecule has 0 aromatic carbocycles. The second kappa shape index (κ2) is 3.72. The van der Waals surface area contributed by atoms with E-state index >= 15 is 0 Å². The van der Waals surface area contributed by atoms with Crippen LogP contribution in [0.5, 0.6) is 0 Å². The Balaban J connectivity index is 2.51. The normalized spacial score (nSPS) is 25.3. The first kappa shape index (κ1) is 8.53. The van der Waals surface area contributed by atoms with Gasteiger partial charge in [-0.05, 0) is 26.3 Å². The first-order chi connectivity index (χ1) is 5.25. The lowest BCUT2D eigenvalue weighted by Crippen LogP contribution is -2.49. The van der Waals surface area contributed by atoms with Gasteiger partial charge in [-0.25, -0.2) is 0 Å². The molecular weight excluding hydrogens is 140 g/mol. The van der Waals surface area contributed by atoms with Crippen molar-refractivity contribution in [1.29, 1.82) is 0 Å². The van der Waals surface area contributed by atoms with E-state index in [9.17, 15) is 4.79 Å². The number of carbonyl (C=O) groups excluding carboxylic acids is 1. The number of amides is 1. The monoisotopic (exact) mass is 156 g/mol. The van der Waals surface area contributed by atoms with E-state index in [0.29, 0.717) is 0 Å². The molecule has 0 aromatic rings. The van der Waals surface area contributed by atoms with Crippen LogP contribution in [0.15, 0.2) is 0 Å². The molecule has 11 heavy (non-hydrogen) atoms. The van der Waals surface area contributed by atoms with E-state index in [4.69, 9.17) is 0 Å². The van der Waals surface area contributed by atoms with Crippen molar-refractivity contribution in [2.24, 2.45) is 0 Å². The van der Waals surface area contributed by atoms with E-state index in [1.165, 1.54) is 6.42 Å². The van der Waals surface area contributed by atoms with Crippen LogP contribution in [0.4, 0.5) is 0 Å². The molecule has 1 rings (SSSR count). The third-order valence-electron chi connectivity index (χ3n) is 2.24. The van der Waals surface area contributed by atoms with Gasteiger partial charge in [-0.15, -0.1) is 0 Å². The van der Waals surface area contributed by atoms with Crippen molar-refractivity contribution in [3.8, 4) is 0 Å². The van der Waals surface area contributed by atoms with Gasteiger partial charge in [0.05, 0.1) is 6.17 Å². The number of carbonyl (C=O) groups is 1. The maximum absolute atomic E-state index is 11.1. The van der Waals surface area contributed by atoms with E-state index in [1.54, 1.807) is 6.92 Å². The molecule has 0 aliphatic carbocycles. The average Bonchev–Trinajstić information content (AvgIpc) is 2.04. The number of hydrogen-bond donors (Lipinski definition) is 1. The number of hydrogen-bond acceptors (Lipinski definition) is 2. The Morgan fingerprint density at radius 3 is 2.73 bits per heavy atom. The quantitative estimate of drug-likeness (QED) is 0.601. The Hall–Kier alpha value is -0.570. The molecule has 64 valence electrons. The third-order valence-corrected chi connectivity index (χ3v) is 2.24. The first-order valence-corrected chi connectivity index (χ1v) is 4.20. The van der Waals surface area contributed by atoms with Crippen LogP contribution >= 0.6 is 0 Å². The van der Waals surface area contributed by atoms with Crippen LogP contribution in [0.2, 0.25) is 0 Å². The summed E-state index contributed by atoms with van der Waals surface area (Å²) in [4.78, 5) is 13.0. The van der Waals surface area contributed by atoms with Gasteiger partial charge in [-0.1, -0.05) is 0 Å². The molecule has 1 aliphatic heterocycles. The van der Waals surface area contributed by atoms with Crippen molar-refractivity contribution in [2.75, 3.05) is 13.6 Å². The number of piperidine rings is 1. The van der Waals surface area contributed by atoms with Crippen LogP contribution in [-0.2, 0) is 4.79 Å². The summed E-state index contributed by atoms with van der Waals surface area (Å²) in [5.41, 5.74) is 0. The number of rotatable bonds is 1. The molecule has 0 aromatic heterocycles. The predicted molar refractivity (Wildman–Crippen MR) is 44.1 cm³/mol. The van der Waals surface area contributed by atoms with E-state index in [2.05, 4.69) is 5.32 Å². The van der Waals surface area contributed by atoms with E-state index in [0.717, 1.165) is 19.4 Å². The van der Waals surface area contributed by atoms with Gasteiger partial charge in [0.25, 0.3) is 0 Å². The molecule has 1 fully saturated rings. The fourth-order valence-corrected chi connectivity index (χ4v) is 1.61. The van der Waals surface area contributed by atoms with Gasteiger partial charge in [0.15, 0.2) is 0 Å². The summed E-state index contributed by atoms with van der Waals surface area (Å²) in [5.74, 6) is 0.184. The molecule has 3 heteroatoms. The third kappa shape index (κ3) is 1.93. The summed E-state index contributed by atoms with van der Waals surface area (Å²) < 4.78 is 0. The Bertz CT molecular complexity index is 147. The molecule has 1 saturated heterocycles. The SMILES string of the molecule is CNC1CCCCN1C(C)=O. The van der Waals surface area contributed by atoms with Gasteiger partial charge in [0, 0.05) is 13.5 Å². The minimum absolute atomic E-state index is 0.184. The molecule has 0 bridgehead atoms. The molecule has 1 heterocycles. The summed E-state index contributed by atoms with van der Waals surface area (Å²) in [5, 5.41) is 3.14.